The molecule has 0 aromatic carbocycles. The second-order valence-electron chi connectivity index (χ2n) is 6.16. The van der Waals surface area contributed by atoms with Gasteiger partial charge in [-0.1, -0.05) is 25.7 Å². The van der Waals surface area contributed by atoms with E-state index in [1.54, 1.807) is 0 Å². The van der Waals surface area contributed by atoms with Crippen LogP contribution < -0.4 is 9.80 Å². The van der Waals surface area contributed by atoms with E-state index in [2.05, 4.69) is 16.8 Å². The summed E-state index contributed by atoms with van der Waals surface area (Å²) in [7, 11) is 0. The molecule has 1 aliphatic heterocycles. The first-order chi connectivity index (χ1) is 10.3. The minimum atomic E-state index is 0.270. The SMILES string of the molecule is CCN1CCN(C(=O)CCC2CCCC2)c2cccnc21. The highest BCUT2D eigenvalue weighted by Gasteiger charge is 2.27. The van der Waals surface area contributed by atoms with Crippen LogP contribution in [-0.4, -0.2) is 30.5 Å². The second kappa shape index (κ2) is 6.46. The lowest BCUT2D eigenvalue weighted by Crippen LogP contribution is -2.44. The predicted octanol–water partition coefficient (Wildman–Crippen LogP) is 3.22. The third-order valence-corrected chi connectivity index (χ3v) is 4.87. The lowest BCUT2D eigenvalue weighted by molar-refractivity contribution is -0.118. The molecule has 4 nitrogen and oxygen atoms in total. The molecule has 1 saturated carbocycles. The summed E-state index contributed by atoms with van der Waals surface area (Å²) in [4.78, 5) is 21.3. The molecule has 0 atom stereocenters. The second-order valence-corrected chi connectivity index (χ2v) is 6.16. The summed E-state index contributed by atoms with van der Waals surface area (Å²) < 4.78 is 0. The molecule has 3 rings (SSSR count). The van der Waals surface area contributed by atoms with Crippen LogP contribution in [0.2, 0.25) is 0 Å². The lowest BCUT2D eigenvalue weighted by atomic mass is 10.0. The van der Waals surface area contributed by atoms with Crippen LogP contribution in [0.25, 0.3) is 0 Å². The minimum Gasteiger partial charge on any atom is -0.353 e. The number of hydrogen-bond donors (Lipinski definition) is 0. The lowest BCUT2D eigenvalue weighted by Gasteiger charge is -2.36. The van der Waals surface area contributed by atoms with Gasteiger partial charge in [-0.3, -0.25) is 4.79 Å². The smallest absolute Gasteiger partial charge is 0.227 e. The Balaban J connectivity index is 1.68. The standard InChI is InChI=1S/C17H25N3O/c1-2-19-12-13-20(15-8-5-11-18-17(15)19)16(21)10-9-14-6-3-4-7-14/h5,8,11,14H,2-4,6-7,9-10,12-13H2,1H3. The summed E-state index contributed by atoms with van der Waals surface area (Å²) in [5, 5.41) is 0. The zero-order valence-corrected chi connectivity index (χ0v) is 12.9. The Bertz CT molecular complexity index is 497. The molecule has 0 N–H and O–H groups in total. The number of anilines is 2. The highest BCUT2D eigenvalue weighted by Crippen LogP contribution is 2.32. The first-order valence-electron chi connectivity index (χ1n) is 8.30. The van der Waals surface area contributed by atoms with Crippen molar-refractivity contribution in [3.8, 4) is 0 Å². The van der Waals surface area contributed by atoms with Crippen molar-refractivity contribution in [2.45, 2.75) is 45.4 Å². The number of aromatic nitrogens is 1. The minimum absolute atomic E-state index is 0.270. The first-order valence-corrected chi connectivity index (χ1v) is 8.30. The van der Waals surface area contributed by atoms with Crippen LogP contribution in [0.15, 0.2) is 18.3 Å². The maximum absolute atomic E-state index is 12.6. The quantitative estimate of drug-likeness (QED) is 0.853. The van der Waals surface area contributed by atoms with Gasteiger partial charge in [-0.25, -0.2) is 4.98 Å². The van der Waals surface area contributed by atoms with Crippen LogP contribution in [0.5, 0.6) is 0 Å². The van der Waals surface area contributed by atoms with Crippen LogP contribution in [0.4, 0.5) is 11.5 Å². The number of likely N-dealkylation sites (N-methyl/N-ethyl adjacent to an activating group) is 1. The van der Waals surface area contributed by atoms with E-state index in [4.69, 9.17) is 0 Å². The van der Waals surface area contributed by atoms with Crippen molar-refractivity contribution < 1.29 is 4.79 Å². The average Bonchev–Trinajstić information content (AvgIpc) is 3.05. The fourth-order valence-electron chi connectivity index (χ4n) is 3.62. The highest BCUT2D eigenvalue weighted by molar-refractivity contribution is 5.97. The molecule has 1 aliphatic carbocycles. The van der Waals surface area contributed by atoms with Crippen LogP contribution in [-0.2, 0) is 4.79 Å². The van der Waals surface area contributed by atoms with Crippen LogP contribution in [0.3, 0.4) is 0 Å². The van der Waals surface area contributed by atoms with Gasteiger partial charge in [0.05, 0.1) is 5.69 Å². The fourth-order valence-corrected chi connectivity index (χ4v) is 3.62. The Morgan fingerprint density at radius 2 is 2.14 bits per heavy atom. The summed E-state index contributed by atoms with van der Waals surface area (Å²) in [6.45, 7) is 4.75. The number of pyridine rings is 1. The summed E-state index contributed by atoms with van der Waals surface area (Å²) in [5.74, 6) is 2.01. The summed E-state index contributed by atoms with van der Waals surface area (Å²) in [6.07, 6.45) is 8.88. The molecule has 1 fully saturated rings. The van der Waals surface area contributed by atoms with Crippen molar-refractivity contribution >= 4 is 17.4 Å². The molecule has 2 aliphatic rings. The van der Waals surface area contributed by atoms with E-state index in [0.717, 1.165) is 43.5 Å². The molecule has 0 radical (unpaired) electrons. The molecule has 4 heteroatoms. The van der Waals surface area contributed by atoms with Crippen LogP contribution in [0, 0.1) is 5.92 Å². The van der Waals surface area contributed by atoms with E-state index >= 15 is 0 Å². The number of carbonyl (C=O) groups excluding carboxylic acids is 1. The van der Waals surface area contributed by atoms with Gasteiger partial charge in [-0.05, 0) is 31.4 Å². The average molecular weight is 287 g/mol. The highest BCUT2D eigenvalue weighted by atomic mass is 16.2. The number of nitrogens with zero attached hydrogens (tertiary/aromatic N) is 3. The van der Waals surface area contributed by atoms with Gasteiger partial charge in [-0.2, -0.15) is 0 Å². The van der Waals surface area contributed by atoms with Crippen molar-refractivity contribution in [3.63, 3.8) is 0 Å². The van der Waals surface area contributed by atoms with Gasteiger partial charge < -0.3 is 9.80 Å². The fraction of sp³-hybridized carbons (Fsp3) is 0.647. The van der Waals surface area contributed by atoms with Gasteiger partial charge in [0.25, 0.3) is 0 Å². The van der Waals surface area contributed by atoms with E-state index in [-0.39, 0.29) is 5.91 Å². The number of rotatable bonds is 4. The third-order valence-electron chi connectivity index (χ3n) is 4.87. The summed E-state index contributed by atoms with van der Waals surface area (Å²) in [6, 6.07) is 3.95. The topological polar surface area (TPSA) is 36.4 Å². The van der Waals surface area contributed by atoms with Gasteiger partial charge in [0, 0.05) is 32.3 Å². The van der Waals surface area contributed by atoms with Crippen molar-refractivity contribution in [1.82, 2.24) is 4.98 Å². The van der Waals surface area contributed by atoms with Gasteiger partial charge in [-0.15, -0.1) is 0 Å². The molecular formula is C17H25N3O. The van der Waals surface area contributed by atoms with E-state index in [1.165, 1.54) is 25.7 Å². The largest absolute Gasteiger partial charge is 0.353 e. The molecule has 0 bridgehead atoms. The van der Waals surface area contributed by atoms with Gasteiger partial charge in [0.15, 0.2) is 5.82 Å². The van der Waals surface area contributed by atoms with Crippen molar-refractivity contribution in [1.29, 1.82) is 0 Å². The Labute approximate surface area is 127 Å². The van der Waals surface area contributed by atoms with Crippen LogP contribution in [0.1, 0.15) is 45.4 Å². The Morgan fingerprint density at radius 3 is 2.90 bits per heavy atom. The van der Waals surface area contributed by atoms with Gasteiger partial charge in [0.2, 0.25) is 5.91 Å². The summed E-state index contributed by atoms with van der Waals surface area (Å²) >= 11 is 0. The summed E-state index contributed by atoms with van der Waals surface area (Å²) in [5.41, 5.74) is 0.988. The molecule has 1 amide bonds. The molecule has 2 heterocycles. The molecule has 0 unspecified atom stereocenters. The van der Waals surface area contributed by atoms with Gasteiger partial charge in [0.1, 0.15) is 0 Å². The molecular weight excluding hydrogens is 262 g/mol. The maximum atomic E-state index is 12.6. The number of carbonyl (C=O) groups is 1. The first kappa shape index (κ1) is 14.4. The Morgan fingerprint density at radius 1 is 1.33 bits per heavy atom. The zero-order valence-electron chi connectivity index (χ0n) is 12.9. The van der Waals surface area contributed by atoms with E-state index in [1.807, 2.05) is 23.2 Å². The van der Waals surface area contributed by atoms with E-state index in [0.29, 0.717) is 6.42 Å². The molecule has 114 valence electrons. The molecule has 21 heavy (non-hydrogen) atoms. The molecule has 0 spiro atoms. The number of hydrogen-bond acceptors (Lipinski definition) is 3. The normalized spacial score (nSPS) is 18.9. The number of amides is 1. The van der Waals surface area contributed by atoms with Crippen LogP contribution >= 0.6 is 0 Å². The predicted molar refractivity (Wildman–Crippen MR) is 85.7 cm³/mol. The molecule has 1 aromatic heterocycles. The van der Waals surface area contributed by atoms with E-state index < -0.39 is 0 Å². The Kier molecular flexibility index (Phi) is 4.42. The zero-order chi connectivity index (χ0) is 14.7. The maximum Gasteiger partial charge on any atom is 0.227 e. The Hall–Kier alpha value is -1.58. The van der Waals surface area contributed by atoms with Crippen molar-refractivity contribution in [3.05, 3.63) is 18.3 Å². The van der Waals surface area contributed by atoms with Gasteiger partial charge >= 0.3 is 0 Å². The molecule has 1 aromatic rings. The third kappa shape index (κ3) is 3.04. The van der Waals surface area contributed by atoms with Crippen molar-refractivity contribution in [2.24, 2.45) is 5.92 Å². The molecule has 0 saturated heterocycles. The van der Waals surface area contributed by atoms with E-state index in [9.17, 15) is 4.79 Å². The van der Waals surface area contributed by atoms with Crippen molar-refractivity contribution in [2.75, 3.05) is 29.4 Å². The monoisotopic (exact) mass is 287 g/mol. The number of fused-ring (bicyclic) bond motifs is 1.